The lowest BCUT2D eigenvalue weighted by Crippen LogP contribution is -2.53. The van der Waals surface area contributed by atoms with Gasteiger partial charge in [0.1, 0.15) is 0 Å². The fraction of sp³-hybridized carbons (Fsp3) is 0.385. The van der Waals surface area contributed by atoms with Crippen LogP contribution in [0.4, 0.5) is 0 Å². The van der Waals surface area contributed by atoms with Crippen molar-refractivity contribution < 1.29 is 9.59 Å². The third-order valence-corrected chi connectivity index (χ3v) is 7.25. The van der Waals surface area contributed by atoms with E-state index in [4.69, 9.17) is 0 Å². The van der Waals surface area contributed by atoms with E-state index in [-0.39, 0.29) is 17.2 Å². The highest BCUT2D eigenvalue weighted by Crippen LogP contribution is 2.42. The fourth-order valence-corrected chi connectivity index (χ4v) is 5.48. The minimum atomic E-state index is -0.0444. The van der Waals surface area contributed by atoms with Gasteiger partial charge in [0.05, 0.1) is 0 Å². The van der Waals surface area contributed by atoms with Crippen LogP contribution in [0, 0.1) is 0 Å². The minimum Gasteiger partial charge on any atom is -0.361 e. The Morgan fingerprint density at radius 2 is 1.74 bits per heavy atom. The number of carbonyl (C=O) groups excluding carboxylic acids is 2. The van der Waals surface area contributed by atoms with Crippen molar-refractivity contribution in [2.75, 3.05) is 19.6 Å². The minimum absolute atomic E-state index is 0.0444. The molecular weight excluding hydrogens is 386 g/mol. The van der Waals surface area contributed by atoms with Crippen molar-refractivity contribution in [3.8, 4) is 0 Å². The van der Waals surface area contributed by atoms with Crippen LogP contribution in [0.3, 0.4) is 0 Å². The number of H-pyrrole nitrogens is 1. The highest BCUT2D eigenvalue weighted by atomic mass is 16.2. The molecule has 0 aliphatic carbocycles. The zero-order chi connectivity index (χ0) is 21.4. The molecule has 5 nitrogen and oxygen atoms in total. The molecule has 0 atom stereocenters. The predicted octanol–water partition coefficient (Wildman–Crippen LogP) is 4.02. The molecule has 3 aromatic rings. The first kappa shape index (κ1) is 19.9. The molecule has 0 saturated carbocycles. The topological polar surface area (TPSA) is 56.4 Å². The lowest BCUT2D eigenvalue weighted by molar-refractivity contribution is -0.135. The number of para-hydroxylation sites is 1. The lowest BCUT2D eigenvalue weighted by Gasteiger charge is -2.48. The van der Waals surface area contributed by atoms with E-state index in [1.807, 2.05) is 23.2 Å². The molecule has 3 heterocycles. The smallest absolute Gasteiger partial charge is 0.223 e. The summed E-state index contributed by atoms with van der Waals surface area (Å²) in [7, 11) is 0. The zero-order valence-corrected chi connectivity index (χ0v) is 18.1. The number of aryl methyl sites for hydroxylation is 1. The number of amides is 2. The van der Waals surface area contributed by atoms with Gasteiger partial charge in [0.25, 0.3) is 0 Å². The van der Waals surface area contributed by atoms with Gasteiger partial charge in [-0.05, 0) is 42.0 Å². The molecule has 0 unspecified atom stereocenters. The molecular formula is C26H29N3O2. The number of aromatic amines is 1. The van der Waals surface area contributed by atoms with Gasteiger partial charge in [0, 0.05) is 62.0 Å². The molecule has 5 heteroatoms. The van der Waals surface area contributed by atoms with E-state index < -0.39 is 0 Å². The molecule has 2 aromatic carbocycles. The van der Waals surface area contributed by atoms with Crippen molar-refractivity contribution in [3.63, 3.8) is 0 Å². The summed E-state index contributed by atoms with van der Waals surface area (Å²) < 4.78 is 0. The van der Waals surface area contributed by atoms with Gasteiger partial charge >= 0.3 is 0 Å². The molecule has 1 N–H and O–H groups in total. The highest BCUT2D eigenvalue weighted by molar-refractivity contribution is 5.84. The number of hydrogen-bond donors (Lipinski definition) is 1. The molecule has 31 heavy (non-hydrogen) atoms. The fourth-order valence-electron chi connectivity index (χ4n) is 5.48. The maximum Gasteiger partial charge on any atom is 0.223 e. The number of benzene rings is 2. The Bertz CT molecular complexity index is 1120. The molecule has 2 aliphatic rings. The van der Waals surface area contributed by atoms with Crippen molar-refractivity contribution in [1.29, 1.82) is 0 Å². The number of piperidine rings is 1. The molecule has 160 valence electrons. The third-order valence-electron chi connectivity index (χ3n) is 7.25. The first-order chi connectivity index (χ1) is 15.1. The van der Waals surface area contributed by atoms with Crippen LogP contribution in [0.1, 0.15) is 42.9 Å². The number of hydrogen-bond acceptors (Lipinski definition) is 2. The van der Waals surface area contributed by atoms with Crippen LogP contribution in [0.2, 0.25) is 0 Å². The van der Waals surface area contributed by atoms with Crippen LogP contribution in [-0.2, 0) is 28.0 Å². The standard InChI is InChI=1S/C26H29N3O2/c1-19(30)28-14-12-26(13-15-28)18-29(17-21-6-2-4-8-23(21)26)25(31)11-10-20-16-27-24-9-5-3-7-22(20)24/h2-9,16,27H,10-15,17-18H2,1H3. The normalized spacial score (nSPS) is 17.7. The summed E-state index contributed by atoms with van der Waals surface area (Å²) in [4.78, 5) is 32.4. The molecule has 0 bridgehead atoms. The second-order valence-electron chi connectivity index (χ2n) is 9.05. The molecule has 2 aliphatic heterocycles. The Kier molecular flexibility index (Phi) is 5.05. The van der Waals surface area contributed by atoms with E-state index in [9.17, 15) is 9.59 Å². The molecule has 1 saturated heterocycles. The van der Waals surface area contributed by atoms with E-state index >= 15 is 0 Å². The van der Waals surface area contributed by atoms with Crippen molar-refractivity contribution in [2.24, 2.45) is 0 Å². The Labute approximate surface area is 183 Å². The van der Waals surface area contributed by atoms with Crippen LogP contribution in [0.5, 0.6) is 0 Å². The second-order valence-corrected chi connectivity index (χ2v) is 9.05. The number of rotatable bonds is 3. The van der Waals surface area contributed by atoms with Gasteiger partial charge in [0.15, 0.2) is 0 Å². The SMILES string of the molecule is CC(=O)N1CCC2(CC1)CN(C(=O)CCc1c[nH]c3ccccc13)Cc1ccccc12. The van der Waals surface area contributed by atoms with Crippen molar-refractivity contribution in [3.05, 3.63) is 71.4 Å². The van der Waals surface area contributed by atoms with Crippen LogP contribution >= 0.6 is 0 Å². The van der Waals surface area contributed by atoms with Gasteiger partial charge in [-0.25, -0.2) is 0 Å². The van der Waals surface area contributed by atoms with E-state index in [2.05, 4.69) is 46.3 Å². The molecule has 0 radical (unpaired) electrons. The Morgan fingerprint density at radius 3 is 2.55 bits per heavy atom. The zero-order valence-electron chi connectivity index (χ0n) is 18.1. The van der Waals surface area contributed by atoms with Gasteiger partial charge in [-0.15, -0.1) is 0 Å². The van der Waals surface area contributed by atoms with Gasteiger partial charge in [0.2, 0.25) is 11.8 Å². The number of likely N-dealkylation sites (tertiary alicyclic amines) is 1. The Morgan fingerprint density at radius 1 is 1.00 bits per heavy atom. The van der Waals surface area contributed by atoms with Crippen LogP contribution in [0.25, 0.3) is 10.9 Å². The highest BCUT2D eigenvalue weighted by Gasteiger charge is 2.43. The molecule has 1 fully saturated rings. The van der Waals surface area contributed by atoms with Crippen molar-refractivity contribution in [2.45, 2.75) is 44.6 Å². The summed E-state index contributed by atoms with van der Waals surface area (Å²) in [6.45, 7) is 4.61. The summed E-state index contributed by atoms with van der Waals surface area (Å²) in [6.07, 6.45) is 5.11. The quantitative estimate of drug-likeness (QED) is 0.702. The van der Waals surface area contributed by atoms with Gasteiger partial charge < -0.3 is 14.8 Å². The summed E-state index contributed by atoms with van der Waals surface area (Å²) in [5.41, 5.74) is 4.90. The van der Waals surface area contributed by atoms with Crippen LogP contribution in [-0.4, -0.2) is 46.2 Å². The molecule has 5 rings (SSSR count). The number of nitrogens with one attached hydrogen (secondary N) is 1. The van der Waals surface area contributed by atoms with Gasteiger partial charge in [-0.2, -0.15) is 0 Å². The summed E-state index contributed by atoms with van der Waals surface area (Å²) >= 11 is 0. The largest absolute Gasteiger partial charge is 0.361 e. The number of carbonyl (C=O) groups is 2. The summed E-state index contributed by atoms with van der Waals surface area (Å²) in [5, 5.41) is 1.20. The van der Waals surface area contributed by atoms with Gasteiger partial charge in [-0.1, -0.05) is 42.5 Å². The third kappa shape index (κ3) is 3.62. The average Bonchev–Trinajstić information content (AvgIpc) is 3.21. The number of aromatic nitrogens is 1. The number of nitrogens with zero attached hydrogens (tertiary/aromatic N) is 2. The lowest BCUT2D eigenvalue weighted by atomic mass is 9.68. The number of fused-ring (bicyclic) bond motifs is 3. The first-order valence-corrected chi connectivity index (χ1v) is 11.2. The predicted molar refractivity (Wildman–Crippen MR) is 122 cm³/mol. The van der Waals surface area contributed by atoms with Gasteiger partial charge in [-0.3, -0.25) is 9.59 Å². The summed E-state index contributed by atoms with van der Waals surface area (Å²) in [6, 6.07) is 16.8. The molecule has 1 aromatic heterocycles. The Hall–Kier alpha value is -3.08. The van der Waals surface area contributed by atoms with E-state index in [0.717, 1.165) is 44.4 Å². The second kappa shape index (κ2) is 7.88. The monoisotopic (exact) mass is 415 g/mol. The van der Waals surface area contributed by atoms with Crippen molar-refractivity contribution >= 4 is 22.7 Å². The van der Waals surface area contributed by atoms with Crippen molar-refractivity contribution in [1.82, 2.24) is 14.8 Å². The molecule has 1 spiro atoms. The Balaban J connectivity index is 1.34. The van der Waals surface area contributed by atoms with Crippen LogP contribution < -0.4 is 0 Å². The van der Waals surface area contributed by atoms with E-state index in [0.29, 0.717) is 13.0 Å². The summed E-state index contributed by atoms with van der Waals surface area (Å²) in [5.74, 6) is 0.360. The first-order valence-electron chi connectivity index (χ1n) is 11.2. The maximum atomic E-state index is 13.3. The molecule has 2 amide bonds. The van der Waals surface area contributed by atoms with E-state index in [1.54, 1.807) is 6.92 Å². The average molecular weight is 416 g/mol. The van der Waals surface area contributed by atoms with Crippen LogP contribution in [0.15, 0.2) is 54.7 Å². The maximum absolute atomic E-state index is 13.3. The van der Waals surface area contributed by atoms with E-state index in [1.165, 1.54) is 22.1 Å².